The van der Waals surface area contributed by atoms with Crippen LogP contribution in [0.15, 0.2) is 24.3 Å². The van der Waals surface area contributed by atoms with Gasteiger partial charge in [0.05, 0.1) is 11.1 Å². The van der Waals surface area contributed by atoms with Gasteiger partial charge in [-0.25, -0.2) is 0 Å². The topological polar surface area (TPSA) is 37.4 Å². The highest BCUT2D eigenvalue weighted by Crippen LogP contribution is 2.60. The Morgan fingerprint density at radius 3 is 2.24 bits per heavy atom. The lowest BCUT2D eigenvalue weighted by atomic mass is 9.78. The molecule has 5 atom stereocenters. The number of benzene rings is 1. The van der Waals surface area contributed by atoms with Crippen molar-refractivity contribution in [1.29, 1.82) is 0 Å². The number of rotatable bonds is 1. The second-order valence-electron chi connectivity index (χ2n) is 7.25. The smallest absolute Gasteiger partial charge is 0.261 e. The van der Waals surface area contributed by atoms with E-state index in [9.17, 15) is 9.59 Å². The number of imide groups is 1. The van der Waals surface area contributed by atoms with E-state index in [0.29, 0.717) is 17.0 Å². The molecule has 0 N–H and O–H groups in total. The third kappa shape index (κ3) is 1.39. The van der Waals surface area contributed by atoms with E-state index in [1.165, 1.54) is 25.7 Å². The summed E-state index contributed by atoms with van der Waals surface area (Å²) in [5, 5.41) is 0. The summed E-state index contributed by atoms with van der Waals surface area (Å²) in [6.45, 7) is 0. The molecule has 3 aliphatic carbocycles. The molecule has 1 aromatic carbocycles. The van der Waals surface area contributed by atoms with Gasteiger partial charge in [-0.1, -0.05) is 18.6 Å². The standard InChI is InChI=1S/C18H19NO2/c20-17-13-4-1-2-5-14(13)18(21)19(17)16-9-10-8-15(16)12-7-3-6-11(10)12/h1-2,4-5,10-12,15-16H,3,6-9H2. The summed E-state index contributed by atoms with van der Waals surface area (Å²) in [6, 6.07) is 7.45. The SMILES string of the molecule is O=C1c2ccccc2C(=O)N1C1CC2CC1C1CCCC21. The van der Waals surface area contributed by atoms with Crippen molar-refractivity contribution in [2.45, 2.75) is 38.1 Å². The fourth-order valence-corrected chi connectivity index (χ4v) is 5.84. The molecule has 3 saturated carbocycles. The van der Waals surface area contributed by atoms with Gasteiger partial charge in [0, 0.05) is 6.04 Å². The first-order chi connectivity index (χ1) is 10.3. The van der Waals surface area contributed by atoms with Gasteiger partial charge in [-0.05, 0) is 61.5 Å². The van der Waals surface area contributed by atoms with Crippen molar-refractivity contribution in [3.05, 3.63) is 35.4 Å². The first kappa shape index (κ1) is 12.0. The van der Waals surface area contributed by atoms with Crippen LogP contribution in [0.4, 0.5) is 0 Å². The number of hydrogen-bond acceptors (Lipinski definition) is 2. The van der Waals surface area contributed by atoms with E-state index in [2.05, 4.69) is 0 Å². The number of hydrogen-bond donors (Lipinski definition) is 0. The van der Waals surface area contributed by atoms with Crippen LogP contribution >= 0.6 is 0 Å². The van der Waals surface area contributed by atoms with Gasteiger partial charge < -0.3 is 0 Å². The van der Waals surface area contributed by atoms with Gasteiger partial charge in [-0.15, -0.1) is 0 Å². The highest BCUT2D eigenvalue weighted by Gasteiger charge is 2.57. The van der Waals surface area contributed by atoms with E-state index >= 15 is 0 Å². The third-order valence-corrected chi connectivity index (χ3v) is 6.55. The maximum absolute atomic E-state index is 12.7. The molecular weight excluding hydrogens is 262 g/mol. The molecule has 0 saturated heterocycles. The Bertz CT molecular complexity index is 617. The average molecular weight is 281 g/mol. The summed E-state index contributed by atoms with van der Waals surface area (Å²) in [5.74, 6) is 2.89. The normalized spacial score (nSPS) is 40.0. The third-order valence-electron chi connectivity index (χ3n) is 6.55. The van der Waals surface area contributed by atoms with Gasteiger partial charge in [0.25, 0.3) is 11.8 Å². The largest absolute Gasteiger partial charge is 0.271 e. The molecule has 21 heavy (non-hydrogen) atoms. The molecule has 3 heteroatoms. The van der Waals surface area contributed by atoms with Gasteiger partial charge in [0.1, 0.15) is 0 Å². The predicted octanol–water partition coefficient (Wildman–Crippen LogP) is 3.11. The molecule has 1 aromatic rings. The van der Waals surface area contributed by atoms with E-state index in [1.807, 2.05) is 12.1 Å². The second kappa shape index (κ2) is 3.96. The van der Waals surface area contributed by atoms with Crippen LogP contribution in [0.5, 0.6) is 0 Å². The van der Waals surface area contributed by atoms with E-state index in [1.54, 1.807) is 17.0 Å². The van der Waals surface area contributed by atoms with Gasteiger partial charge >= 0.3 is 0 Å². The van der Waals surface area contributed by atoms with Crippen LogP contribution in [0.25, 0.3) is 0 Å². The summed E-state index contributed by atoms with van der Waals surface area (Å²) in [5.41, 5.74) is 1.21. The molecular formula is C18H19NO2. The van der Waals surface area contributed by atoms with Crippen molar-refractivity contribution in [2.75, 3.05) is 0 Å². The van der Waals surface area contributed by atoms with Crippen LogP contribution in [-0.4, -0.2) is 22.8 Å². The lowest BCUT2D eigenvalue weighted by molar-refractivity contribution is 0.0465. The van der Waals surface area contributed by atoms with Gasteiger partial charge in [-0.2, -0.15) is 0 Å². The Morgan fingerprint density at radius 2 is 1.52 bits per heavy atom. The molecule has 2 bridgehead atoms. The summed E-state index contributed by atoms with van der Waals surface area (Å²) >= 11 is 0. The molecule has 5 unspecified atom stereocenters. The Balaban J connectivity index is 1.51. The number of carbonyl (C=O) groups excluding carboxylic acids is 2. The molecule has 1 heterocycles. The van der Waals surface area contributed by atoms with Gasteiger partial charge in [0.2, 0.25) is 0 Å². The first-order valence-electron chi connectivity index (χ1n) is 8.22. The average Bonchev–Trinajstić information content (AvgIpc) is 3.22. The Labute approximate surface area is 124 Å². The van der Waals surface area contributed by atoms with Crippen LogP contribution < -0.4 is 0 Å². The van der Waals surface area contributed by atoms with Crippen LogP contribution in [-0.2, 0) is 0 Å². The zero-order valence-electron chi connectivity index (χ0n) is 12.0. The van der Waals surface area contributed by atoms with E-state index in [0.717, 1.165) is 24.2 Å². The molecule has 4 aliphatic rings. The Kier molecular flexibility index (Phi) is 2.26. The minimum absolute atomic E-state index is 0.0531. The van der Waals surface area contributed by atoms with E-state index in [4.69, 9.17) is 0 Å². The summed E-state index contributed by atoms with van der Waals surface area (Å²) in [6.07, 6.45) is 6.33. The van der Waals surface area contributed by atoms with E-state index in [-0.39, 0.29) is 17.9 Å². The molecule has 0 radical (unpaired) electrons. The second-order valence-corrected chi connectivity index (χ2v) is 7.25. The number of carbonyl (C=O) groups is 2. The van der Waals surface area contributed by atoms with Crippen LogP contribution in [0.3, 0.4) is 0 Å². The van der Waals surface area contributed by atoms with Crippen LogP contribution in [0.2, 0.25) is 0 Å². The summed E-state index contributed by atoms with van der Waals surface area (Å²) in [4.78, 5) is 27.0. The molecule has 108 valence electrons. The fourth-order valence-electron chi connectivity index (χ4n) is 5.84. The van der Waals surface area contributed by atoms with Crippen molar-refractivity contribution < 1.29 is 9.59 Å². The van der Waals surface area contributed by atoms with Crippen molar-refractivity contribution in [3.8, 4) is 0 Å². The number of amides is 2. The molecule has 5 rings (SSSR count). The lowest BCUT2D eigenvalue weighted by Gasteiger charge is -2.36. The molecule has 0 spiro atoms. The van der Waals surface area contributed by atoms with Gasteiger partial charge in [-0.3, -0.25) is 14.5 Å². The first-order valence-corrected chi connectivity index (χ1v) is 8.22. The summed E-state index contributed by atoms with van der Waals surface area (Å²) in [7, 11) is 0. The number of nitrogens with zero attached hydrogens (tertiary/aromatic N) is 1. The minimum Gasteiger partial charge on any atom is -0.271 e. The maximum Gasteiger partial charge on any atom is 0.261 e. The van der Waals surface area contributed by atoms with Crippen molar-refractivity contribution >= 4 is 11.8 Å². The Hall–Kier alpha value is -1.64. The zero-order chi connectivity index (χ0) is 14.1. The molecule has 2 amide bonds. The zero-order valence-corrected chi connectivity index (χ0v) is 12.0. The molecule has 0 aromatic heterocycles. The lowest BCUT2D eigenvalue weighted by Crippen LogP contribution is -2.45. The van der Waals surface area contributed by atoms with Crippen molar-refractivity contribution in [2.24, 2.45) is 23.7 Å². The Morgan fingerprint density at radius 1 is 0.857 bits per heavy atom. The monoisotopic (exact) mass is 281 g/mol. The van der Waals surface area contributed by atoms with E-state index < -0.39 is 0 Å². The predicted molar refractivity (Wildman–Crippen MR) is 77.8 cm³/mol. The minimum atomic E-state index is -0.0531. The molecule has 1 aliphatic heterocycles. The highest BCUT2D eigenvalue weighted by atomic mass is 16.2. The molecule has 3 fully saturated rings. The van der Waals surface area contributed by atoms with Crippen molar-refractivity contribution in [3.63, 3.8) is 0 Å². The quantitative estimate of drug-likeness (QED) is 0.742. The van der Waals surface area contributed by atoms with Crippen LogP contribution in [0.1, 0.15) is 52.8 Å². The summed E-state index contributed by atoms with van der Waals surface area (Å²) < 4.78 is 0. The van der Waals surface area contributed by atoms with Gasteiger partial charge in [0.15, 0.2) is 0 Å². The number of fused-ring (bicyclic) bond motifs is 6. The van der Waals surface area contributed by atoms with Crippen LogP contribution in [0, 0.1) is 23.7 Å². The highest BCUT2D eigenvalue weighted by molar-refractivity contribution is 6.21. The maximum atomic E-state index is 12.7. The fraction of sp³-hybridized carbons (Fsp3) is 0.556. The molecule has 3 nitrogen and oxygen atoms in total. The van der Waals surface area contributed by atoms with Crippen molar-refractivity contribution in [1.82, 2.24) is 4.90 Å².